The standard InChI is InChI=1S/C8H6N4OS/c9-7(13)5-1-10-8(11-2-5)6-3-14-4-12-6/h1-4H,(H2,9,13). The first-order chi connectivity index (χ1) is 6.77. The Hall–Kier alpha value is -1.82. The third-order valence-electron chi connectivity index (χ3n) is 1.60. The average Bonchev–Trinajstić information content (AvgIpc) is 2.71. The quantitative estimate of drug-likeness (QED) is 0.784. The predicted molar refractivity (Wildman–Crippen MR) is 51.7 cm³/mol. The molecule has 14 heavy (non-hydrogen) atoms. The first-order valence-electron chi connectivity index (χ1n) is 3.78. The van der Waals surface area contributed by atoms with Crippen LogP contribution in [0.2, 0.25) is 0 Å². The van der Waals surface area contributed by atoms with Crippen LogP contribution in [0, 0.1) is 0 Å². The second kappa shape index (κ2) is 3.51. The van der Waals surface area contributed by atoms with Gasteiger partial charge in [-0.2, -0.15) is 0 Å². The van der Waals surface area contributed by atoms with Gasteiger partial charge in [-0.3, -0.25) is 4.79 Å². The van der Waals surface area contributed by atoms with Crippen LogP contribution in [0.1, 0.15) is 10.4 Å². The number of amides is 1. The fourth-order valence-electron chi connectivity index (χ4n) is 0.911. The van der Waals surface area contributed by atoms with E-state index in [1.807, 2.05) is 5.38 Å². The molecule has 2 heterocycles. The molecule has 0 fully saturated rings. The van der Waals surface area contributed by atoms with E-state index in [4.69, 9.17) is 5.73 Å². The summed E-state index contributed by atoms with van der Waals surface area (Å²) >= 11 is 1.46. The summed E-state index contributed by atoms with van der Waals surface area (Å²) in [4.78, 5) is 22.7. The molecule has 2 N–H and O–H groups in total. The van der Waals surface area contributed by atoms with E-state index in [-0.39, 0.29) is 0 Å². The predicted octanol–water partition coefficient (Wildman–Crippen LogP) is 0.699. The highest BCUT2D eigenvalue weighted by molar-refractivity contribution is 7.07. The van der Waals surface area contributed by atoms with Crippen molar-refractivity contribution in [1.82, 2.24) is 15.0 Å². The number of nitrogens with two attached hydrogens (primary N) is 1. The van der Waals surface area contributed by atoms with Crippen LogP contribution in [0.25, 0.3) is 11.5 Å². The van der Waals surface area contributed by atoms with Gasteiger partial charge in [0, 0.05) is 17.8 Å². The average molecular weight is 206 g/mol. The molecule has 2 rings (SSSR count). The van der Waals surface area contributed by atoms with Crippen molar-refractivity contribution >= 4 is 17.2 Å². The van der Waals surface area contributed by atoms with E-state index in [9.17, 15) is 4.79 Å². The molecule has 0 bridgehead atoms. The van der Waals surface area contributed by atoms with Gasteiger partial charge < -0.3 is 5.73 Å². The van der Waals surface area contributed by atoms with E-state index in [0.29, 0.717) is 17.1 Å². The Kier molecular flexibility index (Phi) is 2.19. The minimum Gasteiger partial charge on any atom is -0.366 e. The number of aromatic nitrogens is 3. The van der Waals surface area contributed by atoms with E-state index in [2.05, 4.69) is 15.0 Å². The summed E-state index contributed by atoms with van der Waals surface area (Å²) in [6.45, 7) is 0. The molecule has 0 spiro atoms. The monoisotopic (exact) mass is 206 g/mol. The minimum absolute atomic E-state index is 0.295. The molecule has 5 nitrogen and oxygen atoms in total. The fraction of sp³-hybridized carbons (Fsp3) is 0. The van der Waals surface area contributed by atoms with Gasteiger partial charge in [0.25, 0.3) is 5.91 Å². The molecule has 0 aromatic carbocycles. The number of carbonyl (C=O) groups excluding carboxylic acids is 1. The zero-order valence-electron chi connectivity index (χ0n) is 7.04. The maximum absolute atomic E-state index is 10.7. The fourth-order valence-corrected chi connectivity index (χ4v) is 1.44. The highest BCUT2D eigenvalue weighted by atomic mass is 32.1. The lowest BCUT2D eigenvalue weighted by Gasteiger charge is -1.95. The summed E-state index contributed by atoms with van der Waals surface area (Å²) in [6, 6.07) is 0. The summed E-state index contributed by atoms with van der Waals surface area (Å²) in [5.74, 6) is -0.0360. The van der Waals surface area contributed by atoms with E-state index in [1.165, 1.54) is 23.7 Å². The van der Waals surface area contributed by atoms with Crippen LogP contribution in [0.15, 0.2) is 23.3 Å². The Morgan fingerprint density at radius 1 is 1.29 bits per heavy atom. The molecule has 1 amide bonds. The van der Waals surface area contributed by atoms with Crippen LogP contribution in [-0.4, -0.2) is 20.9 Å². The number of carbonyl (C=O) groups is 1. The summed E-state index contributed by atoms with van der Waals surface area (Å²) in [7, 11) is 0. The number of rotatable bonds is 2. The zero-order valence-corrected chi connectivity index (χ0v) is 7.86. The minimum atomic E-state index is -0.533. The second-order valence-electron chi connectivity index (χ2n) is 2.53. The van der Waals surface area contributed by atoms with E-state index >= 15 is 0 Å². The van der Waals surface area contributed by atoms with Crippen molar-refractivity contribution in [2.45, 2.75) is 0 Å². The van der Waals surface area contributed by atoms with Crippen molar-refractivity contribution < 1.29 is 4.79 Å². The van der Waals surface area contributed by atoms with E-state index in [1.54, 1.807) is 5.51 Å². The molecule has 6 heteroatoms. The van der Waals surface area contributed by atoms with Gasteiger partial charge in [-0.05, 0) is 0 Å². The van der Waals surface area contributed by atoms with Gasteiger partial charge in [0.15, 0.2) is 5.82 Å². The third-order valence-corrected chi connectivity index (χ3v) is 2.18. The summed E-state index contributed by atoms with van der Waals surface area (Å²) in [5, 5.41) is 1.83. The smallest absolute Gasteiger partial charge is 0.251 e. The SMILES string of the molecule is NC(=O)c1cnc(-c2cscn2)nc1. The molecule has 0 aliphatic heterocycles. The molecule has 0 saturated carbocycles. The highest BCUT2D eigenvalue weighted by Gasteiger charge is 2.05. The molecule has 0 atom stereocenters. The van der Waals surface area contributed by atoms with Crippen LogP contribution in [0.3, 0.4) is 0 Å². The maximum atomic E-state index is 10.7. The molecular formula is C8H6N4OS. The third kappa shape index (κ3) is 1.60. The lowest BCUT2D eigenvalue weighted by Crippen LogP contribution is -2.11. The molecule has 70 valence electrons. The number of hydrogen-bond donors (Lipinski definition) is 1. The van der Waals surface area contributed by atoms with Gasteiger partial charge >= 0.3 is 0 Å². The lowest BCUT2D eigenvalue weighted by atomic mass is 10.3. The summed E-state index contributed by atoms with van der Waals surface area (Å²) in [5.41, 5.74) is 7.74. The van der Waals surface area contributed by atoms with Gasteiger partial charge in [0.1, 0.15) is 5.69 Å². The second-order valence-corrected chi connectivity index (χ2v) is 3.25. The summed E-state index contributed by atoms with van der Waals surface area (Å²) < 4.78 is 0. The first-order valence-corrected chi connectivity index (χ1v) is 4.72. The summed E-state index contributed by atoms with van der Waals surface area (Å²) in [6.07, 6.45) is 2.79. The molecule has 0 radical (unpaired) electrons. The molecule has 2 aromatic rings. The van der Waals surface area contributed by atoms with Crippen LogP contribution >= 0.6 is 11.3 Å². The van der Waals surface area contributed by atoms with Crippen molar-refractivity contribution in [1.29, 1.82) is 0 Å². The normalized spacial score (nSPS) is 10.0. The van der Waals surface area contributed by atoms with Crippen molar-refractivity contribution in [3.8, 4) is 11.5 Å². The molecular weight excluding hydrogens is 200 g/mol. The van der Waals surface area contributed by atoms with Crippen LogP contribution in [0.5, 0.6) is 0 Å². The first kappa shape index (κ1) is 8.76. The molecule has 0 saturated heterocycles. The number of thiazole rings is 1. The van der Waals surface area contributed by atoms with Crippen molar-refractivity contribution in [3.63, 3.8) is 0 Å². The van der Waals surface area contributed by atoms with Crippen LogP contribution in [-0.2, 0) is 0 Å². The van der Waals surface area contributed by atoms with Crippen LogP contribution < -0.4 is 5.73 Å². The molecule has 2 aromatic heterocycles. The Morgan fingerprint density at radius 3 is 2.50 bits per heavy atom. The van der Waals surface area contributed by atoms with Gasteiger partial charge in [-0.25, -0.2) is 15.0 Å². The number of nitrogens with zero attached hydrogens (tertiary/aromatic N) is 3. The Balaban J connectivity index is 2.36. The van der Waals surface area contributed by atoms with Crippen molar-refractivity contribution in [2.24, 2.45) is 5.73 Å². The van der Waals surface area contributed by atoms with Gasteiger partial charge in [-0.1, -0.05) is 0 Å². The van der Waals surface area contributed by atoms with Gasteiger partial charge in [0.2, 0.25) is 0 Å². The molecule has 0 aliphatic carbocycles. The highest BCUT2D eigenvalue weighted by Crippen LogP contribution is 2.13. The number of hydrogen-bond acceptors (Lipinski definition) is 5. The Morgan fingerprint density at radius 2 is 2.00 bits per heavy atom. The topological polar surface area (TPSA) is 81.8 Å². The lowest BCUT2D eigenvalue weighted by molar-refractivity contribution is 0.0999. The largest absolute Gasteiger partial charge is 0.366 e. The van der Waals surface area contributed by atoms with Crippen molar-refractivity contribution in [3.05, 3.63) is 28.8 Å². The number of primary amides is 1. The van der Waals surface area contributed by atoms with Crippen LogP contribution in [0.4, 0.5) is 0 Å². The molecule has 0 aliphatic rings. The maximum Gasteiger partial charge on any atom is 0.251 e. The van der Waals surface area contributed by atoms with Crippen molar-refractivity contribution in [2.75, 3.05) is 0 Å². The molecule has 0 unspecified atom stereocenters. The van der Waals surface area contributed by atoms with E-state index in [0.717, 1.165) is 0 Å². The van der Waals surface area contributed by atoms with Gasteiger partial charge in [-0.15, -0.1) is 11.3 Å². The Labute approximate surface area is 83.7 Å². The van der Waals surface area contributed by atoms with E-state index < -0.39 is 5.91 Å². The zero-order chi connectivity index (χ0) is 9.97. The van der Waals surface area contributed by atoms with Gasteiger partial charge in [0.05, 0.1) is 11.1 Å². The Bertz CT molecular complexity index is 437.